The molecule has 25 heavy (non-hydrogen) atoms. The third-order valence-corrected chi connectivity index (χ3v) is 4.85. The van der Waals surface area contributed by atoms with E-state index in [1.807, 2.05) is 48.5 Å². The molecular formula is C19H18ClNO3S. The summed E-state index contributed by atoms with van der Waals surface area (Å²) >= 11 is 7.47. The van der Waals surface area contributed by atoms with Crippen molar-refractivity contribution in [3.05, 3.63) is 83.2 Å². The lowest BCUT2D eigenvalue weighted by Gasteiger charge is -2.20. The molecule has 0 aliphatic carbocycles. The Hall–Kier alpha value is -2.11. The maximum atomic E-state index is 12.6. The van der Waals surface area contributed by atoms with Gasteiger partial charge in [0.15, 0.2) is 0 Å². The molecule has 0 saturated heterocycles. The van der Waals surface area contributed by atoms with Crippen molar-refractivity contribution in [1.82, 2.24) is 4.90 Å². The van der Waals surface area contributed by atoms with Crippen LogP contribution in [0.25, 0.3) is 0 Å². The number of furan rings is 2. The van der Waals surface area contributed by atoms with Gasteiger partial charge in [0.2, 0.25) is 5.91 Å². The van der Waals surface area contributed by atoms with Gasteiger partial charge in [-0.1, -0.05) is 23.7 Å². The normalized spacial score (nSPS) is 10.8. The highest BCUT2D eigenvalue weighted by Crippen LogP contribution is 2.18. The number of hydrogen-bond donors (Lipinski definition) is 0. The van der Waals surface area contributed by atoms with Crippen molar-refractivity contribution < 1.29 is 13.6 Å². The topological polar surface area (TPSA) is 46.6 Å². The van der Waals surface area contributed by atoms with Gasteiger partial charge in [-0.05, 0) is 42.0 Å². The van der Waals surface area contributed by atoms with Gasteiger partial charge >= 0.3 is 0 Å². The van der Waals surface area contributed by atoms with Gasteiger partial charge in [0.1, 0.15) is 11.5 Å². The second kappa shape index (κ2) is 8.83. The van der Waals surface area contributed by atoms with Crippen molar-refractivity contribution in [1.29, 1.82) is 0 Å². The average molecular weight is 376 g/mol. The van der Waals surface area contributed by atoms with Crippen molar-refractivity contribution >= 4 is 29.3 Å². The Bertz CT molecular complexity index is 733. The number of amides is 1. The molecule has 0 unspecified atom stereocenters. The van der Waals surface area contributed by atoms with Crippen LogP contribution in [0.4, 0.5) is 0 Å². The standard InChI is InChI=1S/C19H18ClNO3S/c20-16-7-5-15(6-8-16)13-25-14-19(22)21(11-17-3-1-9-23-17)12-18-4-2-10-24-18/h1-10H,11-14H2. The summed E-state index contributed by atoms with van der Waals surface area (Å²) in [6, 6.07) is 15.0. The molecule has 0 atom stereocenters. The molecule has 0 spiro atoms. The number of rotatable bonds is 8. The van der Waals surface area contributed by atoms with Crippen LogP contribution in [-0.4, -0.2) is 16.6 Å². The first-order valence-electron chi connectivity index (χ1n) is 7.85. The zero-order valence-electron chi connectivity index (χ0n) is 13.6. The maximum absolute atomic E-state index is 12.6. The third kappa shape index (κ3) is 5.44. The van der Waals surface area contributed by atoms with E-state index in [1.165, 1.54) is 0 Å². The van der Waals surface area contributed by atoms with Crippen LogP contribution >= 0.6 is 23.4 Å². The second-order valence-electron chi connectivity index (χ2n) is 5.53. The number of hydrogen-bond acceptors (Lipinski definition) is 4. The summed E-state index contributed by atoms with van der Waals surface area (Å²) < 4.78 is 10.7. The number of carbonyl (C=O) groups excluding carboxylic acids is 1. The van der Waals surface area contributed by atoms with Gasteiger partial charge in [-0.25, -0.2) is 0 Å². The Morgan fingerprint density at radius 3 is 2.08 bits per heavy atom. The molecule has 0 N–H and O–H groups in total. The van der Waals surface area contributed by atoms with Gasteiger partial charge in [-0.15, -0.1) is 11.8 Å². The van der Waals surface area contributed by atoms with Gasteiger partial charge in [0, 0.05) is 10.8 Å². The zero-order chi connectivity index (χ0) is 17.5. The monoisotopic (exact) mass is 375 g/mol. The molecule has 0 radical (unpaired) electrons. The first-order valence-corrected chi connectivity index (χ1v) is 9.39. The number of benzene rings is 1. The summed E-state index contributed by atoms with van der Waals surface area (Å²) in [5.41, 5.74) is 1.14. The largest absolute Gasteiger partial charge is 0.467 e. The van der Waals surface area contributed by atoms with Gasteiger partial charge < -0.3 is 13.7 Å². The molecule has 0 aliphatic rings. The summed E-state index contributed by atoms with van der Waals surface area (Å²) in [7, 11) is 0. The van der Waals surface area contributed by atoms with Gasteiger partial charge in [-0.3, -0.25) is 4.79 Å². The van der Waals surface area contributed by atoms with Crippen LogP contribution in [0.5, 0.6) is 0 Å². The molecule has 2 aromatic heterocycles. The lowest BCUT2D eigenvalue weighted by Crippen LogP contribution is -2.31. The van der Waals surface area contributed by atoms with Crippen molar-refractivity contribution in [2.24, 2.45) is 0 Å². The van der Waals surface area contributed by atoms with E-state index in [0.717, 1.165) is 22.8 Å². The molecule has 0 fully saturated rings. The maximum Gasteiger partial charge on any atom is 0.233 e. The first kappa shape index (κ1) is 17.7. The van der Waals surface area contributed by atoms with Crippen LogP contribution < -0.4 is 0 Å². The Labute approximate surface area is 155 Å². The minimum atomic E-state index is 0.0479. The Morgan fingerprint density at radius 1 is 0.960 bits per heavy atom. The summed E-state index contributed by atoms with van der Waals surface area (Å²) in [6.45, 7) is 0.849. The highest BCUT2D eigenvalue weighted by atomic mass is 35.5. The SMILES string of the molecule is O=C(CSCc1ccc(Cl)cc1)N(Cc1ccco1)Cc1ccco1. The fourth-order valence-electron chi connectivity index (χ4n) is 2.34. The summed E-state index contributed by atoms with van der Waals surface area (Å²) in [5, 5.41) is 0.716. The lowest BCUT2D eigenvalue weighted by molar-refractivity contribution is -0.130. The molecule has 130 valence electrons. The molecule has 3 rings (SSSR count). The van der Waals surface area contributed by atoms with E-state index in [9.17, 15) is 4.79 Å². The lowest BCUT2D eigenvalue weighted by atomic mass is 10.2. The molecule has 0 bridgehead atoms. The molecule has 1 aromatic carbocycles. The fourth-order valence-corrected chi connectivity index (χ4v) is 3.36. The van der Waals surface area contributed by atoms with E-state index in [1.54, 1.807) is 29.2 Å². The summed E-state index contributed by atoms with van der Waals surface area (Å²) in [5.74, 6) is 2.71. The number of nitrogens with zero attached hydrogens (tertiary/aromatic N) is 1. The summed E-state index contributed by atoms with van der Waals surface area (Å²) in [6.07, 6.45) is 3.22. The van der Waals surface area contributed by atoms with Crippen LogP contribution in [0.2, 0.25) is 5.02 Å². The molecular weight excluding hydrogens is 358 g/mol. The van der Waals surface area contributed by atoms with Gasteiger partial charge in [0.05, 0.1) is 31.4 Å². The van der Waals surface area contributed by atoms with E-state index in [4.69, 9.17) is 20.4 Å². The smallest absolute Gasteiger partial charge is 0.233 e. The van der Waals surface area contributed by atoms with Crippen molar-refractivity contribution in [2.45, 2.75) is 18.8 Å². The van der Waals surface area contributed by atoms with Crippen LogP contribution in [-0.2, 0) is 23.6 Å². The van der Waals surface area contributed by atoms with Crippen LogP contribution in [0.3, 0.4) is 0 Å². The average Bonchev–Trinajstić information content (AvgIpc) is 3.30. The van der Waals surface area contributed by atoms with Gasteiger partial charge in [0.25, 0.3) is 0 Å². The van der Waals surface area contributed by atoms with E-state index < -0.39 is 0 Å². The van der Waals surface area contributed by atoms with Crippen LogP contribution in [0.1, 0.15) is 17.1 Å². The minimum absolute atomic E-state index is 0.0479. The van der Waals surface area contributed by atoms with Crippen LogP contribution in [0.15, 0.2) is 69.9 Å². The number of thioether (sulfide) groups is 1. The molecule has 2 heterocycles. The Kier molecular flexibility index (Phi) is 6.25. The van der Waals surface area contributed by atoms with Crippen molar-refractivity contribution in [3.8, 4) is 0 Å². The Balaban J connectivity index is 1.56. The molecule has 4 nitrogen and oxygen atoms in total. The van der Waals surface area contributed by atoms with Crippen molar-refractivity contribution in [3.63, 3.8) is 0 Å². The van der Waals surface area contributed by atoms with Crippen LogP contribution in [0, 0.1) is 0 Å². The van der Waals surface area contributed by atoms with E-state index in [2.05, 4.69) is 0 Å². The molecule has 6 heteroatoms. The fraction of sp³-hybridized carbons (Fsp3) is 0.211. The minimum Gasteiger partial charge on any atom is -0.467 e. The molecule has 1 amide bonds. The predicted octanol–water partition coefficient (Wildman–Crippen LogP) is 4.99. The molecule has 0 aliphatic heterocycles. The van der Waals surface area contributed by atoms with Gasteiger partial charge in [-0.2, -0.15) is 0 Å². The summed E-state index contributed by atoms with van der Waals surface area (Å²) in [4.78, 5) is 14.4. The zero-order valence-corrected chi connectivity index (χ0v) is 15.1. The second-order valence-corrected chi connectivity index (χ2v) is 6.95. The third-order valence-electron chi connectivity index (χ3n) is 3.61. The van der Waals surface area contributed by atoms with E-state index in [-0.39, 0.29) is 5.91 Å². The first-order chi connectivity index (χ1) is 12.2. The van der Waals surface area contributed by atoms with E-state index >= 15 is 0 Å². The molecule has 3 aromatic rings. The number of halogens is 1. The predicted molar refractivity (Wildman–Crippen MR) is 99.3 cm³/mol. The highest BCUT2D eigenvalue weighted by molar-refractivity contribution is 7.99. The Morgan fingerprint density at radius 2 is 1.56 bits per heavy atom. The highest BCUT2D eigenvalue weighted by Gasteiger charge is 2.17. The molecule has 0 saturated carbocycles. The van der Waals surface area contributed by atoms with Crippen molar-refractivity contribution in [2.75, 3.05) is 5.75 Å². The van der Waals surface area contributed by atoms with E-state index in [0.29, 0.717) is 23.9 Å². The quantitative estimate of drug-likeness (QED) is 0.556. The number of carbonyl (C=O) groups is 1.